The third-order valence-electron chi connectivity index (χ3n) is 3.32. The lowest BCUT2D eigenvalue weighted by molar-refractivity contribution is -0.153. The minimum absolute atomic E-state index is 0.0543. The van der Waals surface area contributed by atoms with Crippen LogP contribution in [0.2, 0.25) is 5.15 Å². The molecule has 3 rings (SSSR count). The lowest BCUT2D eigenvalue weighted by atomic mass is 10.3. The zero-order valence-electron chi connectivity index (χ0n) is 11.4. The normalized spacial score (nSPS) is 20.3. The van der Waals surface area contributed by atoms with E-state index in [1.807, 2.05) is 0 Å². The number of carbonyl (C=O) groups excluding carboxylic acids is 1. The molecule has 0 aliphatic heterocycles. The molecule has 1 saturated carbocycles. The molecule has 23 heavy (non-hydrogen) atoms. The molecule has 0 unspecified atom stereocenters. The maximum atomic E-state index is 12.4. The summed E-state index contributed by atoms with van der Waals surface area (Å²) in [5, 5.41) is 3.89. The lowest BCUT2D eigenvalue weighted by Crippen LogP contribution is -2.16. The van der Waals surface area contributed by atoms with Crippen molar-refractivity contribution in [3.8, 4) is 11.7 Å². The molecule has 1 aliphatic carbocycles. The van der Waals surface area contributed by atoms with Crippen LogP contribution in [0.15, 0.2) is 24.4 Å². The molecule has 1 amide bonds. The number of nitrogens with zero attached hydrogens (tertiary/aromatic N) is 3. The van der Waals surface area contributed by atoms with Gasteiger partial charge in [-0.15, -0.1) is 5.10 Å². The van der Waals surface area contributed by atoms with Gasteiger partial charge in [-0.05, 0) is 18.6 Å². The first-order valence-electron chi connectivity index (χ1n) is 6.51. The third-order valence-corrected chi connectivity index (χ3v) is 3.61. The predicted octanol–water partition coefficient (Wildman–Crippen LogP) is 2.35. The zero-order valence-corrected chi connectivity index (χ0v) is 12.2. The molecule has 1 aliphatic rings. The highest BCUT2D eigenvalue weighted by Crippen LogP contribution is 2.46. The molecule has 2 aromatic rings. The summed E-state index contributed by atoms with van der Waals surface area (Å²) in [5.41, 5.74) is 5.18. The van der Waals surface area contributed by atoms with Crippen LogP contribution in [0.4, 0.5) is 13.2 Å². The monoisotopic (exact) mass is 346 g/mol. The Kier molecular flexibility index (Phi) is 3.67. The average molecular weight is 347 g/mol. The molecule has 2 heterocycles. The van der Waals surface area contributed by atoms with E-state index in [9.17, 15) is 18.0 Å². The van der Waals surface area contributed by atoms with Crippen LogP contribution in [0.5, 0.6) is 5.88 Å². The molecule has 0 saturated heterocycles. The smallest absolute Gasteiger partial charge is 0.395 e. The van der Waals surface area contributed by atoms with E-state index < -0.39 is 24.1 Å². The maximum absolute atomic E-state index is 12.4. The van der Waals surface area contributed by atoms with E-state index >= 15 is 0 Å². The number of aromatic nitrogens is 3. The summed E-state index contributed by atoms with van der Waals surface area (Å²) in [4.78, 5) is 15.0. The number of pyridine rings is 1. The van der Waals surface area contributed by atoms with Gasteiger partial charge in [-0.3, -0.25) is 4.79 Å². The number of amides is 1. The van der Waals surface area contributed by atoms with Crippen molar-refractivity contribution in [1.82, 2.24) is 14.8 Å². The van der Waals surface area contributed by atoms with Crippen molar-refractivity contribution < 1.29 is 22.7 Å². The van der Waals surface area contributed by atoms with Crippen molar-refractivity contribution in [2.45, 2.75) is 18.7 Å². The van der Waals surface area contributed by atoms with Gasteiger partial charge in [-0.1, -0.05) is 11.6 Å². The second-order valence-electron chi connectivity index (χ2n) is 5.01. The van der Waals surface area contributed by atoms with Gasteiger partial charge in [0.25, 0.3) is 5.91 Å². The van der Waals surface area contributed by atoms with Crippen molar-refractivity contribution in [3.63, 3.8) is 0 Å². The highest BCUT2D eigenvalue weighted by Gasteiger charge is 2.57. The highest BCUT2D eigenvalue weighted by atomic mass is 35.5. The zero-order chi connectivity index (χ0) is 16.8. The molecule has 1 fully saturated rings. The molecule has 2 N–H and O–H groups in total. The standard InChI is InChI=1S/C13H10ClF3N4O2/c14-11-6(12(18)22)1-2-9(19-11)21-4-3-10(20-21)23-8-5-7(8)13(15,16)17/h1-4,7-8H,5H2,(H2,18,22)/t7-,8-/m1/s1. The predicted molar refractivity (Wildman–Crippen MR) is 73.5 cm³/mol. The van der Waals surface area contributed by atoms with E-state index in [0.29, 0.717) is 0 Å². The van der Waals surface area contributed by atoms with E-state index in [1.165, 1.54) is 29.1 Å². The summed E-state index contributed by atoms with van der Waals surface area (Å²) >= 11 is 5.84. The number of halogens is 4. The van der Waals surface area contributed by atoms with Crippen LogP contribution >= 0.6 is 11.6 Å². The van der Waals surface area contributed by atoms with Crippen LogP contribution in [-0.2, 0) is 0 Å². The van der Waals surface area contributed by atoms with Crippen LogP contribution < -0.4 is 10.5 Å². The van der Waals surface area contributed by atoms with Gasteiger partial charge < -0.3 is 10.5 Å². The van der Waals surface area contributed by atoms with Crippen molar-refractivity contribution in [1.29, 1.82) is 0 Å². The number of hydrogen-bond donors (Lipinski definition) is 1. The van der Waals surface area contributed by atoms with E-state index in [4.69, 9.17) is 22.1 Å². The summed E-state index contributed by atoms with van der Waals surface area (Å²) in [6.07, 6.45) is -3.78. The molecule has 0 aromatic carbocycles. The molecule has 2 aromatic heterocycles. The quantitative estimate of drug-likeness (QED) is 0.861. The van der Waals surface area contributed by atoms with Gasteiger partial charge in [0.1, 0.15) is 11.3 Å². The fraction of sp³-hybridized carbons (Fsp3) is 0.308. The molecule has 2 atom stereocenters. The minimum Gasteiger partial charge on any atom is -0.473 e. The molecule has 10 heteroatoms. The van der Waals surface area contributed by atoms with Crippen molar-refractivity contribution in [2.24, 2.45) is 11.7 Å². The van der Waals surface area contributed by atoms with Crippen LogP contribution in [0.1, 0.15) is 16.8 Å². The van der Waals surface area contributed by atoms with Gasteiger partial charge in [-0.2, -0.15) is 13.2 Å². The second kappa shape index (κ2) is 5.41. The van der Waals surface area contributed by atoms with Crippen LogP contribution in [0.25, 0.3) is 5.82 Å². The molecular formula is C13H10ClF3N4O2. The topological polar surface area (TPSA) is 83.0 Å². The number of nitrogens with two attached hydrogens (primary N) is 1. The molecule has 122 valence electrons. The summed E-state index contributed by atoms with van der Waals surface area (Å²) in [6.45, 7) is 0. The first kappa shape index (κ1) is 15.6. The first-order chi connectivity index (χ1) is 10.8. The molecule has 6 nitrogen and oxygen atoms in total. The Labute approximate surface area is 133 Å². The number of rotatable bonds is 4. The minimum atomic E-state index is -4.26. The van der Waals surface area contributed by atoms with Gasteiger partial charge in [0.2, 0.25) is 5.88 Å². The third kappa shape index (κ3) is 3.24. The number of hydrogen-bond acceptors (Lipinski definition) is 4. The Bertz CT molecular complexity index is 762. The number of primary amides is 1. The summed E-state index contributed by atoms with van der Waals surface area (Å²) in [7, 11) is 0. The van der Waals surface area contributed by atoms with Gasteiger partial charge in [0, 0.05) is 12.3 Å². The Hall–Kier alpha value is -2.29. The number of ether oxygens (including phenoxy) is 1. The van der Waals surface area contributed by atoms with Crippen molar-refractivity contribution >= 4 is 17.5 Å². The first-order valence-corrected chi connectivity index (χ1v) is 6.89. The Morgan fingerprint density at radius 2 is 2.13 bits per heavy atom. The van der Waals surface area contributed by atoms with Crippen LogP contribution in [-0.4, -0.2) is 33.0 Å². The SMILES string of the molecule is NC(=O)c1ccc(-n2ccc(O[C@@H]3C[C@H]3C(F)(F)F)n2)nc1Cl. The van der Waals surface area contributed by atoms with E-state index in [0.717, 1.165) is 0 Å². The van der Waals surface area contributed by atoms with Gasteiger partial charge in [0.15, 0.2) is 5.82 Å². The lowest BCUT2D eigenvalue weighted by Gasteiger charge is -2.06. The van der Waals surface area contributed by atoms with Crippen LogP contribution in [0, 0.1) is 5.92 Å². The van der Waals surface area contributed by atoms with Crippen molar-refractivity contribution in [3.05, 3.63) is 35.1 Å². The van der Waals surface area contributed by atoms with Gasteiger partial charge in [0.05, 0.1) is 11.5 Å². The Balaban J connectivity index is 1.73. The number of carbonyl (C=O) groups is 1. The molecule has 0 bridgehead atoms. The largest absolute Gasteiger partial charge is 0.473 e. The fourth-order valence-corrected chi connectivity index (χ4v) is 2.28. The summed E-state index contributed by atoms with van der Waals surface area (Å²) in [5.74, 6) is -1.84. The fourth-order valence-electron chi connectivity index (χ4n) is 2.04. The van der Waals surface area contributed by atoms with Gasteiger partial charge in [-0.25, -0.2) is 9.67 Å². The summed E-state index contributed by atoms with van der Waals surface area (Å²) < 4.78 is 43.8. The second-order valence-corrected chi connectivity index (χ2v) is 5.37. The Morgan fingerprint density at radius 3 is 2.70 bits per heavy atom. The summed E-state index contributed by atoms with van der Waals surface area (Å²) in [6, 6.07) is 4.26. The van der Waals surface area contributed by atoms with Crippen molar-refractivity contribution in [2.75, 3.05) is 0 Å². The molecule has 0 radical (unpaired) electrons. The molecule has 0 spiro atoms. The molecular weight excluding hydrogens is 337 g/mol. The van der Waals surface area contributed by atoms with E-state index in [1.54, 1.807) is 0 Å². The highest BCUT2D eigenvalue weighted by molar-refractivity contribution is 6.32. The average Bonchev–Trinajstić information content (AvgIpc) is 3.07. The van der Waals surface area contributed by atoms with Crippen LogP contribution in [0.3, 0.4) is 0 Å². The van der Waals surface area contributed by atoms with E-state index in [2.05, 4.69) is 10.1 Å². The maximum Gasteiger partial charge on any atom is 0.395 e. The van der Waals surface area contributed by atoms with E-state index in [-0.39, 0.29) is 28.8 Å². The van der Waals surface area contributed by atoms with Gasteiger partial charge >= 0.3 is 6.18 Å². The Morgan fingerprint density at radius 1 is 1.39 bits per heavy atom. The number of alkyl halides is 3.